The number of anilines is 1. The first-order chi connectivity index (χ1) is 11.3. The van der Waals surface area contributed by atoms with Crippen molar-refractivity contribution in [2.24, 2.45) is 0 Å². The van der Waals surface area contributed by atoms with Gasteiger partial charge in [0.15, 0.2) is 0 Å². The van der Waals surface area contributed by atoms with Crippen molar-refractivity contribution in [3.05, 3.63) is 70.3 Å². The Morgan fingerprint density at radius 3 is 2.42 bits per heavy atom. The number of hydrogen-bond donors (Lipinski definition) is 1. The predicted molar refractivity (Wildman–Crippen MR) is 83.5 cm³/mol. The van der Waals surface area contributed by atoms with Crippen LogP contribution in [0.25, 0.3) is 5.70 Å². The summed E-state index contributed by atoms with van der Waals surface area (Å²) in [5, 5.41) is 13.6. The number of nitrogens with zero attached hydrogens (tertiary/aromatic N) is 1. The molecule has 0 aliphatic rings. The van der Waals surface area contributed by atoms with Crippen LogP contribution in [0.3, 0.4) is 0 Å². The van der Waals surface area contributed by atoms with E-state index < -0.39 is 11.3 Å². The molecule has 0 unspecified atom stereocenters. The van der Waals surface area contributed by atoms with E-state index in [2.05, 4.69) is 10.1 Å². The molecule has 0 atom stereocenters. The molecule has 8 heteroatoms. The van der Waals surface area contributed by atoms with Crippen molar-refractivity contribution in [1.29, 1.82) is 0 Å². The average molecular weight is 338 g/mol. The minimum atomic E-state index is -4.76. The van der Waals surface area contributed by atoms with Crippen LogP contribution >= 0.6 is 0 Å². The van der Waals surface area contributed by atoms with Gasteiger partial charge in [0.1, 0.15) is 5.75 Å². The molecule has 126 valence electrons. The van der Waals surface area contributed by atoms with Crippen molar-refractivity contribution in [1.82, 2.24) is 0 Å². The van der Waals surface area contributed by atoms with Gasteiger partial charge in [0.05, 0.1) is 4.92 Å². The van der Waals surface area contributed by atoms with Crippen LogP contribution in [-0.2, 0) is 0 Å². The van der Waals surface area contributed by atoms with E-state index in [0.717, 1.165) is 0 Å². The lowest BCUT2D eigenvalue weighted by molar-refractivity contribution is -0.384. The molecular weight excluding hydrogens is 325 g/mol. The fourth-order valence-electron chi connectivity index (χ4n) is 2.00. The zero-order valence-electron chi connectivity index (χ0n) is 12.5. The second-order valence-electron chi connectivity index (χ2n) is 4.71. The standard InChI is InChI=1S/C16H13F3N2O3/c1-2-15(11-6-8-13(9-7-11)21(22)23)20-12-4-3-5-14(10-12)24-16(17,18)19/h2-10,20H,1H3/b15-2-. The molecule has 2 aromatic rings. The van der Waals surface area contributed by atoms with Crippen LogP contribution in [0.4, 0.5) is 24.5 Å². The van der Waals surface area contributed by atoms with Gasteiger partial charge in [0.25, 0.3) is 5.69 Å². The highest BCUT2D eigenvalue weighted by Crippen LogP contribution is 2.27. The van der Waals surface area contributed by atoms with E-state index in [4.69, 9.17) is 0 Å². The van der Waals surface area contributed by atoms with E-state index in [1.807, 2.05) is 0 Å². The van der Waals surface area contributed by atoms with Gasteiger partial charge in [-0.2, -0.15) is 0 Å². The molecule has 2 aromatic carbocycles. The van der Waals surface area contributed by atoms with Gasteiger partial charge in [-0.05, 0) is 36.8 Å². The SMILES string of the molecule is C/C=C(\Nc1cccc(OC(F)(F)F)c1)c1ccc([N+](=O)[O-])cc1. The molecule has 0 spiro atoms. The first-order valence-electron chi connectivity index (χ1n) is 6.82. The maximum Gasteiger partial charge on any atom is 0.573 e. The maximum atomic E-state index is 12.3. The number of ether oxygens (including phenoxy) is 1. The summed E-state index contributed by atoms with van der Waals surface area (Å²) in [6.45, 7) is 1.74. The Bertz CT molecular complexity index is 756. The molecule has 1 N–H and O–H groups in total. The highest BCUT2D eigenvalue weighted by atomic mass is 19.4. The molecule has 0 aromatic heterocycles. The number of rotatable bonds is 5. The van der Waals surface area contributed by atoms with Gasteiger partial charge < -0.3 is 10.1 Å². The summed E-state index contributed by atoms with van der Waals surface area (Å²) in [6.07, 6.45) is -3.06. The van der Waals surface area contributed by atoms with Crippen LogP contribution in [-0.4, -0.2) is 11.3 Å². The van der Waals surface area contributed by atoms with E-state index in [-0.39, 0.29) is 11.4 Å². The molecule has 2 rings (SSSR count). The molecule has 0 fully saturated rings. The Balaban J connectivity index is 2.19. The number of benzene rings is 2. The first kappa shape index (κ1) is 17.3. The summed E-state index contributed by atoms with van der Waals surface area (Å²) in [6, 6.07) is 11.2. The van der Waals surface area contributed by atoms with E-state index in [9.17, 15) is 23.3 Å². The van der Waals surface area contributed by atoms with E-state index in [1.165, 1.54) is 30.3 Å². The smallest absolute Gasteiger partial charge is 0.406 e. The zero-order chi connectivity index (χ0) is 17.7. The maximum absolute atomic E-state index is 12.3. The van der Waals surface area contributed by atoms with Crippen molar-refractivity contribution in [3.63, 3.8) is 0 Å². The quantitative estimate of drug-likeness (QED) is 0.618. The van der Waals surface area contributed by atoms with Crippen LogP contribution in [0.15, 0.2) is 54.6 Å². The van der Waals surface area contributed by atoms with Gasteiger partial charge >= 0.3 is 6.36 Å². The normalized spacial score (nSPS) is 11.9. The molecule has 0 amide bonds. The monoisotopic (exact) mass is 338 g/mol. The Hall–Kier alpha value is -3.03. The highest BCUT2D eigenvalue weighted by molar-refractivity contribution is 5.77. The summed E-state index contributed by atoms with van der Waals surface area (Å²) >= 11 is 0. The van der Waals surface area contributed by atoms with Crippen molar-refractivity contribution in [2.45, 2.75) is 13.3 Å². The summed E-state index contributed by atoms with van der Waals surface area (Å²) < 4.78 is 40.7. The van der Waals surface area contributed by atoms with E-state index in [1.54, 1.807) is 31.2 Å². The van der Waals surface area contributed by atoms with Crippen LogP contribution in [0.2, 0.25) is 0 Å². The Morgan fingerprint density at radius 1 is 1.21 bits per heavy atom. The van der Waals surface area contributed by atoms with Gasteiger partial charge in [-0.1, -0.05) is 12.1 Å². The Kier molecular flexibility index (Phi) is 5.08. The molecular formula is C16H13F3N2O3. The van der Waals surface area contributed by atoms with Crippen molar-refractivity contribution >= 4 is 17.1 Å². The van der Waals surface area contributed by atoms with Crippen LogP contribution in [0.1, 0.15) is 12.5 Å². The third kappa shape index (κ3) is 4.73. The summed E-state index contributed by atoms with van der Waals surface area (Å²) in [4.78, 5) is 10.2. The third-order valence-corrected chi connectivity index (χ3v) is 3.02. The average Bonchev–Trinajstić information content (AvgIpc) is 2.51. The third-order valence-electron chi connectivity index (χ3n) is 3.02. The van der Waals surface area contributed by atoms with E-state index in [0.29, 0.717) is 16.9 Å². The number of nitro benzene ring substituents is 1. The molecule has 0 radical (unpaired) electrons. The molecule has 0 bridgehead atoms. The summed E-state index contributed by atoms with van der Waals surface area (Å²) in [7, 11) is 0. The number of hydrogen-bond acceptors (Lipinski definition) is 4. The lowest BCUT2D eigenvalue weighted by Gasteiger charge is -2.13. The minimum Gasteiger partial charge on any atom is -0.406 e. The number of nitro groups is 1. The van der Waals surface area contributed by atoms with Crippen LogP contribution in [0.5, 0.6) is 5.75 Å². The molecule has 0 aliphatic carbocycles. The second kappa shape index (κ2) is 7.03. The number of nitrogens with one attached hydrogen (secondary N) is 1. The van der Waals surface area contributed by atoms with Crippen molar-refractivity contribution in [2.75, 3.05) is 5.32 Å². The lowest BCUT2D eigenvalue weighted by atomic mass is 10.1. The minimum absolute atomic E-state index is 0.0465. The summed E-state index contributed by atoms with van der Waals surface area (Å²) in [5.41, 5.74) is 1.59. The van der Waals surface area contributed by atoms with Gasteiger partial charge in [0.2, 0.25) is 0 Å². The van der Waals surface area contributed by atoms with Gasteiger partial charge in [-0.15, -0.1) is 13.2 Å². The molecule has 5 nitrogen and oxygen atoms in total. The van der Waals surface area contributed by atoms with Gasteiger partial charge in [0, 0.05) is 29.6 Å². The van der Waals surface area contributed by atoms with Crippen molar-refractivity contribution in [3.8, 4) is 5.75 Å². The molecule has 0 saturated heterocycles. The van der Waals surface area contributed by atoms with Crippen molar-refractivity contribution < 1.29 is 22.8 Å². The first-order valence-corrected chi connectivity index (χ1v) is 6.82. The molecule has 0 aliphatic heterocycles. The Morgan fingerprint density at radius 2 is 1.88 bits per heavy atom. The van der Waals surface area contributed by atoms with Crippen LogP contribution in [0, 0.1) is 10.1 Å². The number of alkyl halides is 3. The number of allylic oxidation sites excluding steroid dienone is 1. The Labute approximate surface area is 135 Å². The molecule has 24 heavy (non-hydrogen) atoms. The fourth-order valence-corrected chi connectivity index (χ4v) is 2.00. The molecule has 0 heterocycles. The van der Waals surface area contributed by atoms with Crippen LogP contribution < -0.4 is 10.1 Å². The molecule has 0 saturated carbocycles. The fraction of sp³-hybridized carbons (Fsp3) is 0.125. The predicted octanol–water partition coefficient (Wildman–Crippen LogP) is 4.97. The zero-order valence-corrected chi connectivity index (χ0v) is 12.5. The van der Waals surface area contributed by atoms with E-state index >= 15 is 0 Å². The number of halogens is 3. The largest absolute Gasteiger partial charge is 0.573 e. The summed E-state index contributed by atoms with van der Waals surface area (Å²) in [5.74, 6) is -0.341. The lowest BCUT2D eigenvalue weighted by Crippen LogP contribution is -2.17. The van der Waals surface area contributed by atoms with Gasteiger partial charge in [-0.25, -0.2) is 0 Å². The second-order valence-corrected chi connectivity index (χ2v) is 4.71. The topological polar surface area (TPSA) is 64.4 Å². The number of non-ortho nitro benzene ring substituents is 1. The highest BCUT2D eigenvalue weighted by Gasteiger charge is 2.31. The van der Waals surface area contributed by atoms with Gasteiger partial charge in [-0.3, -0.25) is 10.1 Å².